The number of rotatable bonds is 2. The molecule has 78 valence electrons. The molecule has 0 aliphatic rings. The molecule has 0 radical (unpaired) electrons. The van der Waals surface area contributed by atoms with E-state index < -0.39 is 4.92 Å². The molecule has 0 unspecified atom stereocenters. The molecule has 0 saturated carbocycles. The van der Waals surface area contributed by atoms with E-state index in [4.69, 9.17) is 5.11 Å². The summed E-state index contributed by atoms with van der Waals surface area (Å²) < 4.78 is 0. The Kier molecular flexibility index (Phi) is 6.78. The van der Waals surface area contributed by atoms with Gasteiger partial charge in [0.05, 0.1) is 4.92 Å². The first-order valence-electron chi connectivity index (χ1n) is 4.10. The van der Waals surface area contributed by atoms with Gasteiger partial charge in [-0.1, -0.05) is 12.1 Å². The second kappa shape index (κ2) is 7.34. The average molecular weight is 215 g/mol. The molecule has 1 aromatic carbocycles. The summed E-state index contributed by atoms with van der Waals surface area (Å²) >= 11 is 4.00. The van der Waals surface area contributed by atoms with Crippen LogP contribution in [0.3, 0.4) is 0 Å². The molecule has 5 heteroatoms. The van der Waals surface area contributed by atoms with Crippen molar-refractivity contribution in [3.63, 3.8) is 0 Å². The summed E-state index contributed by atoms with van der Waals surface area (Å²) in [4.78, 5) is 9.84. The molecule has 14 heavy (non-hydrogen) atoms. The van der Waals surface area contributed by atoms with Crippen LogP contribution in [0.15, 0.2) is 24.3 Å². The summed E-state index contributed by atoms with van der Waals surface area (Å²) in [6.07, 6.45) is 0. The van der Waals surface area contributed by atoms with Crippen molar-refractivity contribution in [3.05, 3.63) is 39.9 Å². The summed E-state index contributed by atoms with van der Waals surface area (Å²) in [7, 11) is 0. The summed E-state index contributed by atoms with van der Waals surface area (Å²) in [6.45, 7) is 1.93. The van der Waals surface area contributed by atoms with Gasteiger partial charge in [0.15, 0.2) is 0 Å². The topological polar surface area (TPSA) is 63.4 Å². The standard InChI is InChI=1S/C7H7NO2S.C2H6O/c9-8(10)7-3-1-2-6(4-7)5-11;1-2-3/h1-4,11H,5H2;3H,2H2,1H3. The van der Waals surface area contributed by atoms with Gasteiger partial charge in [-0.05, 0) is 12.5 Å². The lowest BCUT2D eigenvalue weighted by Gasteiger charge is -1.93. The summed E-state index contributed by atoms with van der Waals surface area (Å²) in [5.41, 5.74) is 0.985. The van der Waals surface area contributed by atoms with Gasteiger partial charge in [0.1, 0.15) is 0 Å². The van der Waals surface area contributed by atoms with E-state index >= 15 is 0 Å². The third-order valence-corrected chi connectivity index (χ3v) is 1.67. The Morgan fingerprint density at radius 3 is 2.57 bits per heavy atom. The molecular formula is C9H13NO3S. The van der Waals surface area contributed by atoms with Gasteiger partial charge in [-0.25, -0.2) is 0 Å². The van der Waals surface area contributed by atoms with Crippen LogP contribution >= 0.6 is 12.6 Å². The lowest BCUT2D eigenvalue weighted by atomic mass is 10.2. The number of benzene rings is 1. The number of hydrogen-bond acceptors (Lipinski definition) is 4. The fourth-order valence-corrected chi connectivity index (χ4v) is 0.965. The normalized spacial score (nSPS) is 8.79. The van der Waals surface area contributed by atoms with Crippen molar-refractivity contribution >= 4 is 18.3 Å². The Bertz CT molecular complexity index is 291. The van der Waals surface area contributed by atoms with Crippen LogP contribution < -0.4 is 0 Å². The minimum atomic E-state index is -0.410. The summed E-state index contributed by atoms with van der Waals surface area (Å²) in [6, 6.07) is 6.45. The zero-order chi connectivity index (χ0) is 11.0. The number of hydrogen-bond donors (Lipinski definition) is 2. The molecular weight excluding hydrogens is 202 g/mol. The maximum atomic E-state index is 10.2. The second-order valence-electron chi connectivity index (χ2n) is 2.40. The van der Waals surface area contributed by atoms with E-state index in [2.05, 4.69) is 12.6 Å². The number of aliphatic hydroxyl groups excluding tert-OH is 1. The Morgan fingerprint density at radius 1 is 1.57 bits per heavy atom. The van der Waals surface area contributed by atoms with E-state index in [0.29, 0.717) is 5.75 Å². The molecule has 0 amide bonds. The molecule has 0 bridgehead atoms. The Morgan fingerprint density at radius 2 is 2.14 bits per heavy atom. The third-order valence-electron chi connectivity index (χ3n) is 1.30. The van der Waals surface area contributed by atoms with Crippen LogP contribution in [0.1, 0.15) is 12.5 Å². The van der Waals surface area contributed by atoms with E-state index in [0.717, 1.165) is 5.56 Å². The quantitative estimate of drug-likeness (QED) is 0.450. The maximum absolute atomic E-state index is 10.2. The summed E-state index contributed by atoms with van der Waals surface area (Å²) in [5.74, 6) is 0.529. The minimum Gasteiger partial charge on any atom is -0.397 e. The maximum Gasteiger partial charge on any atom is 0.269 e. The predicted molar refractivity (Wildman–Crippen MR) is 58.5 cm³/mol. The van der Waals surface area contributed by atoms with Crippen LogP contribution in [0.2, 0.25) is 0 Å². The van der Waals surface area contributed by atoms with Crippen LogP contribution in [0.5, 0.6) is 0 Å². The highest BCUT2D eigenvalue weighted by Gasteiger charge is 2.03. The van der Waals surface area contributed by atoms with Gasteiger partial charge in [-0.2, -0.15) is 12.6 Å². The van der Waals surface area contributed by atoms with Gasteiger partial charge in [0.2, 0.25) is 0 Å². The largest absolute Gasteiger partial charge is 0.397 e. The number of nitrogens with zero attached hydrogens (tertiary/aromatic N) is 1. The van der Waals surface area contributed by atoms with Crippen molar-refractivity contribution in [2.75, 3.05) is 6.61 Å². The molecule has 1 aromatic rings. The van der Waals surface area contributed by atoms with Crippen LogP contribution in [0, 0.1) is 10.1 Å². The van der Waals surface area contributed by atoms with Gasteiger partial charge in [0, 0.05) is 24.5 Å². The molecule has 1 rings (SSSR count). The molecule has 0 atom stereocenters. The fourth-order valence-electron chi connectivity index (χ4n) is 0.768. The van der Waals surface area contributed by atoms with E-state index in [1.807, 2.05) is 0 Å². The molecule has 1 N–H and O–H groups in total. The minimum absolute atomic E-state index is 0.122. The first-order valence-corrected chi connectivity index (χ1v) is 4.74. The third kappa shape index (κ3) is 4.84. The van der Waals surface area contributed by atoms with Gasteiger partial charge in [0.25, 0.3) is 5.69 Å². The van der Waals surface area contributed by atoms with Crippen molar-refractivity contribution in [2.45, 2.75) is 12.7 Å². The van der Waals surface area contributed by atoms with E-state index in [1.165, 1.54) is 12.1 Å². The molecule has 0 aromatic heterocycles. The monoisotopic (exact) mass is 215 g/mol. The van der Waals surface area contributed by atoms with Crippen molar-refractivity contribution < 1.29 is 10.0 Å². The highest BCUT2D eigenvalue weighted by molar-refractivity contribution is 7.79. The molecule has 0 spiro atoms. The predicted octanol–water partition coefficient (Wildman–Crippen LogP) is 2.02. The number of aliphatic hydroxyl groups is 1. The Labute approximate surface area is 88.1 Å². The molecule has 4 nitrogen and oxygen atoms in total. The first kappa shape index (κ1) is 12.9. The Hall–Kier alpha value is -1.07. The van der Waals surface area contributed by atoms with Crippen molar-refractivity contribution in [1.82, 2.24) is 0 Å². The summed E-state index contributed by atoms with van der Waals surface area (Å²) in [5, 5.41) is 17.8. The zero-order valence-corrected chi connectivity index (χ0v) is 8.78. The van der Waals surface area contributed by atoms with Gasteiger partial charge in [-0.3, -0.25) is 10.1 Å². The van der Waals surface area contributed by atoms with Crippen molar-refractivity contribution in [2.24, 2.45) is 0 Å². The van der Waals surface area contributed by atoms with Gasteiger partial charge >= 0.3 is 0 Å². The molecule has 0 saturated heterocycles. The van der Waals surface area contributed by atoms with Crippen LogP contribution in [0.4, 0.5) is 5.69 Å². The van der Waals surface area contributed by atoms with Crippen LogP contribution in [0.25, 0.3) is 0 Å². The molecule has 0 fully saturated rings. The second-order valence-corrected chi connectivity index (χ2v) is 2.72. The number of non-ortho nitro benzene ring substituents is 1. The van der Waals surface area contributed by atoms with E-state index in [1.54, 1.807) is 19.1 Å². The van der Waals surface area contributed by atoms with E-state index in [-0.39, 0.29) is 12.3 Å². The van der Waals surface area contributed by atoms with Crippen LogP contribution in [-0.4, -0.2) is 16.6 Å². The molecule has 0 aliphatic carbocycles. The molecule has 0 aliphatic heterocycles. The van der Waals surface area contributed by atoms with Gasteiger partial charge < -0.3 is 5.11 Å². The Balaban J connectivity index is 0.000000500. The smallest absolute Gasteiger partial charge is 0.269 e. The fraction of sp³-hybridized carbons (Fsp3) is 0.333. The average Bonchev–Trinajstić information content (AvgIpc) is 2.19. The lowest BCUT2D eigenvalue weighted by Crippen LogP contribution is -1.88. The highest BCUT2D eigenvalue weighted by Crippen LogP contribution is 2.13. The highest BCUT2D eigenvalue weighted by atomic mass is 32.1. The SMILES string of the molecule is CCO.O=[N+]([O-])c1cccc(CS)c1. The number of nitro groups is 1. The van der Waals surface area contributed by atoms with Gasteiger partial charge in [-0.15, -0.1) is 0 Å². The van der Waals surface area contributed by atoms with E-state index in [9.17, 15) is 10.1 Å². The molecule has 0 heterocycles. The van der Waals surface area contributed by atoms with Crippen molar-refractivity contribution in [3.8, 4) is 0 Å². The van der Waals surface area contributed by atoms with Crippen molar-refractivity contribution in [1.29, 1.82) is 0 Å². The number of nitro benzene ring substituents is 1. The lowest BCUT2D eigenvalue weighted by molar-refractivity contribution is -0.384. The zero-order valence-electron chi connectivity index (χ0n) is 7.88. The first-order chi connectivity index (χ1) is 6.65. The number of thiol groups is 1. The van der Waals surface area contributed by atoms with Crippen LogP contribution in [-0.2, 0) is 5.75 Å².